The molecule has 1 rings (SSSR count). The van der Waals surface area contributed by atoms with E-state index in [1.54, 1.807) is 12.1 Å². The van der Waals surface area contributed by atoms with Gasteiger partial charge in [-0.25, -0.2) is 0 Å². The van der Waals surface area contributed by atoms with Crippen molar-refractivity contribution < 1.29 is 14.3 Å². The monoisotopic (exact) mass is 315 g/mol. The molecule has 0 aliphatic carbocycles. The molecule has 0 aliphatic rings. The van der Waals surface area contributed by atoms with Crippen molar-refractivity contribution in [2.45, 2.75) is 26.4 Å². The number of benzene rings is 1. The molecular weight excluding hydrogens is 294 g/mol. The van der Waals surface area contributed by atoms with Gasteiger partial charge in [0, 0.05) is 20.6 Å². The Hall–Kier alpha value is -1.63. The van der Waals surface area contributed by atoms with Gasteiger partial charge in [-0.05, 0) is 24.6 Å². The van der Waals surface area contributed by atoms with E-state index in [9.17, 15) is 9.59 Å². The minimum Gasteiger partial charge on any atom is -0.380 e. The van der Waals surface area contributed by atoms with Crippen molar-refractivity contribution in [3.63, 3.8) is 0 Å². The Morgan fingerprint density at radius 3 is 2.48 bits per heavy atom. The van der Waals surface area contributed by atoms with E-state index in [0.29, 0.717) is 11.4 Å². The van der Waals surface area contributed by atoms with Crippen LogP contribution in [-0.4, -0.2) is 31.6 Å². The Bertz CT molecular complexity index is 490. The molecule has 6 nitrogen and oxygen atoms in total. The SMILES string of the molecule is COC(CN)CC(=O)Nc1cc(C)ccc1NC(C)=O.Cl. The lowest BCUT2D eigenvalue weighted by molar-refractivity contribution is -0.118. The Kier molecular flexibility index (Phi) is 8.61. The minimum absolute atomic E-state index is 0. The molecule has 4 N–H and O–H groups in total. The maximum absolute atomic E-state index is 11.9. The minimum atomic E-state index is -0.316. The van der Waals surface area contributed by atoms with Gasteiger partial charge in [-0.3, -0.25) is 9.59 Å². The van der Waals surface area contributed by atoms with Gasteiger partial charge in [-0.15, -0.1) is 12.4 Å². The van der Waals surface area contributed by atoms with Gasteiger partial charge in [0.25, 0.3) is 0 Å². The van der Waals surface area contributed by atoms with E-state index in [4.69, 9.17) is 10.5 Å². The molecular formula is C14H22ClN3O3. The first-order chi connectivity index (χ1) is 9.46. The van der Waals surface area contributed by atoms with Crippen LogP contribution in [0.1, 0.15) is 18.9 Å². The molecule has 1 unspecified atom stereocenters. The molecule has 118 valence electrons. The van der Waals surface area contributed by atoms with E-state index in [2.05, 4.69) is 10.6 Å². The number of halogens is 1. The molecule has 1 aromatic rings. The summed E-state index contributed by atoms with van der Waals surface area (Å²) in [7, 11) is 1.51. The smallest absolute Gasteiger partial charge is 0.227 e. The number of hydrogen-bond donors (Lipinski definition) is 3. The normalized spacial score (nSPS) is 11.2. The summed E-state index contributed by atoms with van der Waals surface area (Å²) in [5.74, 6) is -0.402. The number of methoxy groups -OCH3 is 1. The van der Waals surface area contributed by atoms with Gasteiger partial charge in [0.2, 0.25) is 11.8 Å². The average molecular weight is 316 g/mol. The molecule has 1 atom stereocenters. The van der Waals surface area contributed by atoms with E-state index in [-0.39, 0.29) is 43.3 Å². The van der Waals surface area contributed by atoms with E-state index >= 15 is 0 Å². The summed E-state index contributed by atoms with van der Waals surface area (Å²) in [5.41, 5.74) is 7.60. The van der Waals surface area contributed by atoms with Crippen LogP contribution in [0, 0.1) is 6.92 Å². The number of ether oxygens (including phenoxy) is 1. The fourth-order valence-corrected chi connectivity index (χ4v) is 1.73. The van der Waals surface area contributed by atoms with Crippen LogP contribution in [0.15, 0.2) is 18.2 Å². The third kappa shape index (κ3) is 6.57. The molecule has 1 aromatic carbocycles. The summed E-state index contributed by atoms with van der Waals surface area (Å²) in [4.78, 5) is 23.1. The zero-order valence-corrected chi connectivity index (χ0v) is 13.3. The standard InChI is InChI=1S/C14H21N3O3.ClH/c1-9-4-5-12(16-10(2)18)13(6-9)17-14(19)7-11(8-15)20-3;/h4-6,11H,7-8,15H2,1-3H3,(H,16,18)(H,17,19);1H. The molecule has 0 fully saturated rings. The van der Waals surface area contributed by atoms with Gasteiger partial charge < -0.3 is 21.1 Å². The number of carbonyl (C=O) groups excluding carboxylic acids is 2. The van der Waals surface area contributed by atoms with Gasteiger partial charge in [-0.2, -0.15) is 0 Å². The summed E-state index contributed by atoms with van der Waals surface area (Å²) < 4.78 is 5.07. The highest BCUT2D eigenvalue weighted by atomic mass is 35.5. The number of hydrogen-bond acceptors (Lipinski definition) is 4. The van der Waals surface area contributed by atoms with E-state index < -0.39 is 0 Å². The van der Waals surface area contributed by atoms with Crippen molar-refractivity contribution in [2.75, 3.05) is 24.3 Å². The van der Waals surface area contributed by atoms with Gasteiger partial charge >= 0.3 is 0 Å². The van der Waals surface area contributed by atoms with E-state index in [0.717, 1.165) is 5.56 Å². The second-order valence-corrected chi connectivity index (χ2v) is 4.58. The van der Waals surface area contributed by atoms with Crippen LogP contribution < -0.4 is 16.4 Å². The lowest BCUT2D eigenvalue weighted by Gasteiger charge is -2.15. The quantitative estimate of drug-likeness (QED) is 0.744. The highest BCUT2D eigenvalue weighted by molar-refractivity contribution is 5.99. The van der Waals surface area contributed by atoms with Crippen LogP contribution in [0.2, 0.25) is 0 Å². The Balaban J connectivity index is 0.00000400. The Morgan fingerprint density at radius 1 is 1.29 bits per heavy atom. The highest BCUT2D eigenvalue weighted by Crippen LogP contribution is 2.23. The number of nitrogens with two attached hydrogens (primary N) is 1. The lowest BCUT2D eigenvalue weighted by Crippen LogP contribution is -2.28. The van der Waals surface area contributed by atoms with Crippen molar-refractivity contribution in [1.29, 1.82) is 0 Å². The summed E-state index contributed by atoms with van der Waals surface area (Å²) >= 11 is 0. The molecule has 0 bridgehead atoms. The number of aryl methyl sites for hydroxylation is 1. The van der Waals surface area contributed by atoms with Crippen LogP contribution in [0.4, 0.5) is 11.4 Å². The number of amides is 2. The van der Waals surface area contributed by atoms with Gasteiger partial charge in [-0.1, -0.05) is 6.07 Å². The molecule has 0 heterocycles. The third-order valence-electron chi connectivity index (χ3n) is 2.77. The summed E-state index contributed by atoms with van der Waals surface area (Å²) in [6.07, 6.45) is -0.149. The molecule has 21 heavy (non-hydrogen) atoms. The fourth-order valence-electron chi connectivity index (χ4n) is 1.73. The fraction of sp³-hybridized carbons (Fsp3) is 0.429. The molecule has 0 aliphatic heterocycles. The van der Waals surface area contributed by atoms with Crippen LogP contribution in [0.3, 0.4) is 0 Å². The average Bonchev–Trinajstić information content (AvgIpc) is 2.38. The number of rotatable bonds is 6. The second kappa shape index (κ2) is 9.33. The summed E-state index contributed by atoms with van der Waals surface area (Å²) in [6.45, 7) is 3.60. The molecule has 2 amide bonds. The molecule has 7 heteroatoms. The van der Waals surface area contributed by atoms with Crippen molar-refractivity contribution >= 4 is 35.6 Å². The molecule has 0 aromatic heterocycles. The zero-order chi connectivity index (χ0) is 15.1. The third-order valence-corrected chi connectivity index (χ3v) is 2.77. The first kappa shape index (κ1) is 19.4. The zero-order valence-electron chi connectivity index (χ0n) is 12.4. The van der Waals surface area contributed by atoms with Gasteiger partial charge in [0.15, 0.2) is 0 Å². The number of carbonyl (C=O) groups is 2. The van der Waals surface area contributed by atoms with Crippen LogP contribution in [0.25, 0.3) is 0 Å². The lowest BCUT2D eigenvalue weighted by atomic mass is 10.1. The summed E-state index contributed by atoms with van der Waals surface area (Å²) in [5, 5.41) is 5.44. The van der Waals surface area contributed by atoms with Crippen molar-refractivity contribution in [3.05, 3.63) is 23.8 Å². The summed E-state index contributed by atoms with van der Waals surface area (Å²) in [6, 6.07) is 5.41. The Morgan fingerprint density at radius 2 is 1.95 bits per heavy atom. The number of anilines is 2. The maximum Gasteiger partial charge on any atom is 0.227 e. The highest BCUT2D eigenvalue weighted by Gasteiger charge is 2.13. The molecule has 0 saturated carbocycles. The largest absolute Gasteiger partial charge is 0.380 e. The van der Waals surface area contributed by atoms with Crippen molar-refractivity contribution in [2.24, 2.45) is 5.73 Å². The van der Waals surface area contributed by atoms with Crippen LogP contribution in [0.5, 0.6) is 0 Å². The van der Waals surface area contributed by atoms with Crippen molar-refractivity contribution in [1.82, 2.24) is 0 Å². The van der Waals surface area contributed by atoms with Crippen molar-refractivity contribution in [3.8, 4) is 0 Å². The predicted molar refractivity (Wildman–Crippen MR) is 85.8 cm³/mol. The maximum atomic E-state index is 11.9. The van der Waals surface area contributed by atoms with Gasteiger partial charge in [0.05, 0.1) is 23.9 Å². The molecule has 0 radical (unpaired) electrons. The topological polar surface area (TPSA) is 93.4 Å². The van der Waals surface area contributed by atoms with Gasteiger partial charge in [0.1, 0.15) is 0 Å². The molecule has 0 spiro atoms. The molecule has 0 saturated heterocycles. The van der Waals surface area contributed by atoms with Crippen LogP contribution in [-0.2, 0) is 14.3 Å². The predicted octanol–water partition coefficient (Wildman–Crippen LogP) is 1.68. The number of nitrogens with one attached hydrogen (secondary N) is 2. The van der Waals surface area contributed by atoms with Crippen LogP contribution >= 0.6 is 12.4 Å². The van der Waals surface area contributed by atoms with E-state index in [1.807, 2.05) is 13.0 Å². The Labute approximate surface area is 130 Å². The van der Waals surface area contributed by atoms with E-state index in [1.165, 1.54) is 14.0 Å². The second-order valence-electron chi connectivity index (χ2n) is 4.58. The first-order valence-electron chi connectivity index (χ1n) is 6.37. The first-order valence-corrected chi connectivity index (χ1v) is 6.37.